The second-order valence-corrected chi connectivity index (χ2v) is 3.27. The van der Waals surface area contributed by atoms with Crippen molar-refractivity contribution in [1.29, 1.82) is 0 Å². The molecule has 1 rings (SSSR count). The van der Waals surface area contributed by atoms with Gasteiger partial charge in [0.2, 0.25) is 0 Å². The lowest BCUT2D eigenvalue weighted by Crippen LogP contribution is -2.42. The molecule has 0 amide bonds. The maximum absolute atomic E-state index is 3.29. The van der Waals surface area contributed by atoms with Gasteiger partial charge in [-0.05, 0) is 31.3 Å². The van der Waals surface area contributed by atoms with Crippen molar-refractivity contribution >= 4 is 0 Å². The van der Waals surface area contributed by atoms with E-state index in [1.54, 1.807) is 0 Å². The van der Waals surface area contributed by atoms with Crippen LogP contribution in [0.25, 0.3) is 0 Å². The highest BCUT2D eigenvalue weighted by Gasteiger charge is 2.17. The second kappa shape index (κ2) is 3.21. The first kappa shape index (κ1) is 7.07. The highest BCUT2D eigenvalue weighted by molar-refractivity contribution is 4.75. The average molecular weight is 127 g/mol. The molecular weight excluding hydrogens is 110 g/mol. The number of rotatable bonds is 3. The van der Waals surface area contributed by atoms with Crippen LogP contribution < -0.4 is 5.32 Å². The van der Waals surface area contributed by atoms with E-state index in [2.05, 4.69) is 19.2 Å². The summed E-state index contributed by atoms with van der Waals surface area (Å²) in [4.78, 5) is 0. The third-order valence-electron chi connectivity index (χ3n) is 2.30. The summed E-state index contributed by atoms with van der Waals surface area (Å²) in [5, 5.41) is 3.29. The van der Waals surface area contributed by atoms with Crippen LogP contribution in [0, 0.1) is 11.8 Å². The zero-order valence-corrected chi connectivity index (χ0v) is 6.48. The van der Waals surface area contributed by atoms with Gasteiger partial charge in [0, 0.05) is 0 Å². The fourth-order valence-corrected chi connectivity index (χ4v) is 1.25. The standard InChI is InChI=1S/C8H17N/c1-3-7(2)4-8-5-9-6-8/h7-9H,3-6H2,1-2H3. The van der Waals surface area contributed by atoms with Crippen molar-refractivity contribution in [2.45, 2.75) is 26.7 Å². The third-order valence-corrected chi connectivity index (χ3v) is 2.30. The quantitative estimate of drug-likeness (QED) is 0.607. The molecule has 1 saturated heterocycles. The van der Waals surface area contributed by atoms with Gasteiger partial charge in [0.25, 0.3) is 0 Å². The fourth-order valence-electron chi connectivity index (χ4n) is 1.25. The summed E-state index contributed by atoms with van der Waals surface area (Å²) in [6.45, 7) is 7.16. The summed E-state index contributed by atoms with van der Waals surface area (Å²) >= 11 is 0. The molecule has 0 spiro atoms. The molecule has 0 aromatic carbocycles. The molecule has 1 fully saturated rings. The highest BCUT2D eigenvalue weighted by atomic mass is 14.9. The van der Waals surface area contributed by atoms with Crippen molar-refractivity contribution in [2.75, 3.05) is 13.1 Å². The Hall–Kier alpha value is -0.0400. The number of nitrogens with one attached hydrogen (secondary N) is 1. The van der Waals surface area contributed by atoms with E-state index in [0.717, 1.165) is 11.8 Å². The Balaban J connectivity index is 2.01. The van der Waals surface area contributed by atoms with E-state index in [9.17, 15) is 0 Å². The topological polar surface area (TPSA) is 12.0 Å². The van der Waals surface area contributed by atoms with E-state index in [4.69, 9.17) is 0 Å². The van der Waals surface area contributed by atoms with Gasteiger partial charge >= 0.3 is 0 Å². The molecule has 1 nitrogen and oxygen atoms in total. The Morgan fingerprint density at radius 1 is 1.56 bits per heavy atom. The number of hydrogen-bond donors (Lipinski definition) is 1. The monoisotopic (exact) mass is 127 g/mol. The largest absolute Gasteiger partial charge is 0.316 e. The fraction of sp³-hybridized carbons (Fsp3) is 1.00. The van der Waals surface area contributed by atoms with Gasteiger partial charge in [-0.2, -0.15) is 0 Å². The molecule has 0 radical (unpaired) electrons. The zero-order chi connectivity index (χ0) is 6.69. The lowest BCUT2D eigenvalue weighted by molar-refractivity contribution is 0.281. The van der Waals surface area contributed by atoms with E-state index in [0.29, 0.717) is 0 Å². The smallest absolute Gasteiger partial charge is 0.000815 e. The van der Waals surface area contributed by atoms with Crippen molar-refractivity contribution in [3.8, 4) is 0 Å². The van der Waals surface area contributed by atoms with Crippen LogP contribution in [0.2, 0.25) is 0 Å². The predicted octanol–water partition coefficient (Wildman–Crippen LogP) is 1.64. The summed E-state index contributed by atoms with van der Waals surface area (Å²) in [5.74, 6) is 1.94. The first-order chi connectivity index (χ1) is 4.33. The van der Waals surface area contributed by atoms with Crippen LogP contribution in [0.5, 0.6) is 0 Å². The van der Waals surface area contributed by atoms with Gasteiger partial charge < -0.3 is 5.32 Å². The molecule has 0 saturated carbocycles. The van der Waals surface area contributed by atoms with Gasteiger partial charge in [-0.25, -0.2) is 0 Å². The van der Waals surface area contributed by atoms with Crippen molar-refractivity contribution in [3.63, 3.8) is 0 Å². The van der Waals surface area contributed by atoms with Crippen molar-refractivity contribution < 1.29 is 0 Å². The van der Waals surface area contributed by atoms with Gasteiger partial charge in [-0.1, -0.05) is 20.3 Å². The van der Waals surface area contributed by atoms with E-state index in [1.165, 1.54) is 25.9 Å². The molecule has 0 bridgehead atoms. The van der Waals surface area contributed by atoms with Gasteiger partial charge in [0.15, 0.2) is 0 Å². The molecule has 1 unspecified atom stereocenters. The summed E-state index contributed by atoms with van der Waals surface area (Å²) in [6.07, 6.45) is 2.78. The molecule has 0 aromatic rings. The van der Waals surface area contributed by atoms with Crippen molar-refractivity contribution in [2.24, 2.45) is 11.8 Å². The van der Waals surface area contributed by atoms with Crippen LogP contribution in [0.15, 0.2) is 0 Å². The van der Waals surface area contributed by atoms with E-state index in [-0.39, 0.29) is 0 Å². The van der Waals surface area contributed by atoms with Crippen molar-refractivity contribution in [1.82, 2.24) is 5.32 Å². The molecule has 0 aromatic heterocycles. The molecule has 1 aliphatic heterocycles. The highest BCUT2D eigenvalue weighted by Crippen LogP contribution is 2.17. The van der Waals surface area contributed by atoms with Crippen LogP contribution in [-0.2, 0) is 0 Å². The summed E-state index contributed by atoms with van der Waals surface area (Å²) in [5.41, 5.74) is 0. The predicted molar refractivity (Wildman–Crippen MR) is 40.4 cm³/mol. The van der Waals surface area contributed by atoms with Crippen LogP contribution in [-0.4, -0.2) is 13.1 Å². The minimum Gasteiger partial charge on any atom is -0.316 e. The first-order valence-corrected chi connectivity index (χ1v) is 4.03. The van der Waals surface area contributed by atoms with Gasteiger partial charge in [0.1, 0.15) is 0 Å². The Morgan fingerprint density at radius 3 is 2.56 bits per heavy atom. The Bertz CT molecular complexity index is 73.9. The minimum atomic E-state index is 0.942. The lowest BCUT2D eigenvalue weighted by Gasteiger charge is -2.29. The maximum Gasteiger partial charge on any atom is -0.000815 e. The molecule has 1 heteroatoms. The molecule has 1 heterocycles. The van der Waals surface area contributed by atoms with Gasteiger partial charge in [0.05, 0.1) is 0 Å². The van der Waals surface area contributed by atoms with Crippen LogP contribution in [0.4, 0.5) is 0 Å². The third kappa shape index (κ3) is 1.98. The van der Waals surface area contributed by atoms with Gasteiger partial charge in [-0.3, -0.25) is 0 Å². The Labute approximate surface area is 57.8 Å². The van der Waals surface area contributed by atoms with Gasteiger partial charge in [-0.15, -0.1) is 0 Å². The van der Waals surface area contributed by atoms with Crippen LogP contribution in [0.1, 0.15) is 26.7 Å². The van der Waals surface area contributed by atoms with E-state index >= 15 is 0 Å². The lowest BCUT2D eigenvalue weighted by atomic mass is 9.90. The minimum absolute atomic E-state index is 0.942. The van der Waals surface area contributed by atoms with Crippen molar-refractivity contribution in [3.05, 3.63) is 0 Å². The average Bonchev–Trinajstić information content (AvgIpc) is 1.78. The van der Waals surface area contributed by atoms with Crippen LogP contribution in [0.3, 0.4) is 0 Å². The van der Waals surface area contributed by atoms with E-state index in [1.807, 2.05) is 0 Å². The summed E-state index contributed by atoms with van der Waals surface area (Å²) in [6, 6.07) is 0. The first-order valence-electron chi connectivity index (χ1n) is 4.03. The molecule has 54 valence electrons. The maximum atomic E-state index is 3.29. The summed E-state index contributed by atoms with van der Waals surface area (Å²) in [7, 11) is 0. The SMILES string of the molecule is CCC(C)CC1CNC1. The second-order valence-electron chi connectivity index (χ2n) is 3.27. The Kier molecular flexibility index (Phi) is 2.52. The zero-order valence-electron chi connectivity index (χ0n) is 6.48. The molecular formula is C8H17N. The molecule has 9 heavy (non-hydrogen) atoms. The molecule has 1 atom stereocenters. The van der Waals surface area contributed by atoms with E-state index < -0.39 is 0 Å². The molecule has 1 N–H and O–H groups in total. The Morgan fingerprint density at radius 2 is 2.22 bits per heavy atom. The molecule has 0 aliphatic carbocycles. The van der Waals surface area contributed by atoms with Crippen LogP contribution >= 0.6 is 0 Å². The molecule has 1 aliphatic rings. The normalized spacial score (nSPS) is 23.3. The summed E-state index contributed by atoms with van der Waals surface area (Å²) < 4.78 is 0. The number of hydrogen-bond acceptors (Lipinski definition) is 1.